The van der Waals surface area contributed by atoms with E-state index in [1.807, 2.05) is 26.0 Å². The highest BCUT2D eigenvalue weighted by molar-refractivity contribution is 6.05. The number of hydrogen-bond acceptors (Lipinski definition) is 5. The van der Waals surface area contributed by atoms with E-state index < -0.39 is 29.2 Å². The molecule has 0 aliphatic rings. The predicted octanol–water partition coefficient (Wildman–Crippen LogP) is 5.31. The maximum absolute atomic E-state index is 13.8. The van der Waals surface area contributed by atoms with Crippen LogP contribution in [0.3, 0.4) is 0 Å². The number of hydrogen-bond donors (Lipinski definition) is 2. The number of halogens is 3. The zero-order chi connectivity index (χ0) is 25.3. The second-order valence-electron chi connectivity index (χ2n) is 7.89. The number of nitrogens with one attached hydrogen (secondary N) is 2. The highest BCUT2D eigenvalue weighted by atomic mass is 19.4. The normalized spacial score (nSPS) is 11.4. The molecule has 0 unspecified atom stereocenters. The summed E-state index contributed by atoms with van der Waals surface area (Å²) in [5.41, 5.74) is 1.13. The minimum Gasteiger partial charge on any atom is -0.472 e. The number of anilines is 2. The quantitative estimate of drug-likeness (QED) is 0.401. The Morgan fingerprint density at radius 2 is 1.71 bits per heavy atom. The summed E-state index contributed by atoms with van der Waals surface area (Å²) in [7, 11) is 0. The van der Waals surface area contributed by atoms with Gasteiger partial charge < -0.3 is 15.1 Å². The Bertz CT molecular complexity index is 1410. The maximum atomic E-state index is 13.8. The van der Waals surface area contributed by atoms with Crippen molar-refractivity contribution >= 4 is 23.2 Å². The third-order valence-corrected chi connectivity index (χ3v) is 5.18. The maximum Gasteiger partial charge on any atom is 0.418 e. The summed E-state index contributed by atoms with van der Waals surface area (Å²) in [6.07, 6.45) is -2.36. The van der Waals surface area contributed by atoms with Crippen molar-refractivity contribution in [2.45, 2.75) is 26.9 Å². The minimum absolute atomic E-state index is 0.0986. The molecule has 0 aliphatic carbocycles. The molecule has 0 radical (unpaired) electrons. The second-order valence-corrected chi connectivity index (χ2v) is 7.89. The molecule has 2 amide bonds. The Hall–Kier alpha value is -4.41. The molecule has 11 heteroatoms. The first kappa shape index (κ1) is 23.7. The van der Waals surface area contributed by atoms with Gasteiger partial charge in [0.1, 0.15) is 6.26 Å². The highest BCUT2D eigenvalue weighted by Gasteiger charge is 2.35. The molecule has 0 fully saturated rings. The number of carbonyl (C=O) groups is 2. The Kier molecular flexibility index (Phi) is 6.16. The van der Waals surface area contributed by atoms with Gasteiger partial charge in [-0.2, -0.15) is 23.1 Å². The lowest BCUT2D eigenvalue weighted by Gasteiger charge is -2.15. The summed E-state index contributed by atoms with van der Waals surface area (Å²) in [4.78, 5) is 26.3. The Balaban J connectivity index is 1.60. The molecule has 0 saturated heterocycles. The number of aryl methyl sites for hydroxylation is 3. The lowest BCUT2D eigenvalue weighted by molar-refractivity contribution is -0.136. The number of nitrogens with zero attached hydrogens (tertiary/aromatic N) is 3. The average Bonchev–Trinajstić information content (AvgIpc) is 3.44. The summed E-state index contributed by atoms with van der Waals surface area (Å²) < 4.78 is 46.1. The molecule has 35 heavy (non-hydrogen) atoms. The van der Waals surface area contributed by atoms with Gasteiger partial charge in [0.2, 0.25) is 0 Å². The predicted molar refractivity (Wildman–Crippen MR) is 122 cm³/mol. The SMILES string of the molecule is Cc1ccc(-n2nc(C)c(C(=O)Nc3ccc(NC(=O)c4ccoc4)cc3C(F)(F)F)n2)c(C)c1. The zero-order valence-electron chi connectivity index (χ0n) is 18.9. The van der Waals surface area contributed by atoms with Crippen LogP contribution in [0.5, 0.6) is 0 Å². The first-order valence-electron chi connectivity index (χ1n) is 10.4. The summed E-state index contributed by atoms with van der Waals surface area (Å²) in [6.45, 7) is 5.34. The van der Waals surface area contributed by atoms with Crippen LogP contribution in [-0.4, -0.2) is 26.8 Å². The Labute approximate surface area is 197 Å². The molecule has 0 spiro atoms. The topological polar surface area (TPSA) is 102 Å². The summed E-state index contributed by atoms with van der Waals surface area (Å²) in [5.74, 6) is -1.48. The molecule has 2 aromatic carbocycles. The van der Waals surface area contributed by atoms with Crippen LogP contribution in [0.15, 0.2) is 59.4 Å². The van der Waals surface area contributed by atoms with Crippen molar-refractivity contribution in [2.24, 2.45) is 0 Å². The standard InChI is InChI=1S/C24H20F3N5O3/c1-13-4-7-20(14(2)10-13)32-30-15(3)21(31-32)23(34)29-19-6-5-17(11-18(19)24(25,26)27)28-22(33)16-8-9-35-12-16/h4-12H,1-3H3,(H,28,33)(H,29,34). The number of aromatic nitrogens is 3. The molecule has 2 aromatic heterocycles. The van der Waals surface area contributed by atoms with E-state index in [4.69, 9.17) is 4.42 Å². The van der Waals surface area contributed by atoms with E-state index in [1.165, 1.54) is 29.5 Å². The molecule has 0 atom stereocenters. The van der Waals surface area contributed by atoms with Gasteiger partial charge in [-0.1, -0.05) is 17.7 Å². The fourth-order valence-corrected chi connectivity index (χ4v) is 3.47. The molecule has 180 valence electrons. The first-order chi connectivity index (χ1) is 16.5. The van der Waals surface area contributed by atoms with Crippen molar-refractivity contribution in [1.82, 2.24) is 15.0 Å². The lowest BCUT2D eigenvalue weighted by Crippen LogP contribution is -2.19. The van der Waals surface area contributed by atoms with Crippen LogP contribution in [0.1, 0.15) is 43.2 Å². The number of furan rings is 1. The van der Waals surface area contributed by atoms with Gasteiger partial charge in [0, 0.05) is 5.69 Å². The fourth-order valence-electron chi connectivity index (χ4n) is 3.47. The summed E-state index contributed by atoms with van der Waals surface area (Å²) in [5, 5.41) is 13.1. The third kappa shape index (κ3) is 5.08. The average molecular weight is 483 g/mol. The molecule has 0 saturated carbocycles. The zero-order valence-corrected chi connectivity index (χ0v) is 18.9. The van der Waals surface area contributed by atoms with Gasteiger partial charge >= 0.3 is 6.18 Å². The van der Waals surface area contributed by atoms with E-state index in [-0.39, 0.29) is 22.6 Å². The molecule has 0 aliphatic heterocycles. The summed E-state index contributed by atoms with van der Waals surface area (Å²) >= 11 is 0. The number of amides is 2. The van der Waals surface area contributed by atoms with Crippen LogP contribution >= 0.6 is 0 Å². The van der Waals surface area contributed by atoms with Crippen LogP contribution in [0.25, 0.3) is 5.69 Å². The molecule has 8 nitrogen and oxygen atoms in total. The van der Waals surface area contributed by atoms with Gasteiger partial charge in [0.05, 0.1) is 34.5 Å². The van der Waals surface area contributed by atoms with Crippen LogP contribution in [0.2, 0.25) is 0 Å². The first-order valence-corrected chi connectivity index (χ1v) is 10.4. The second kappa shape index (κ2) is 9.09. The number of carbonyl (C=O) groups excluding carboxylic acids is 2. The smallest absolute Gasteiger partial charge is 0.418 e. The van der Waals surface area contributed by atoms with E-state index in [0.717, 1.165) is 23.3 Å². The van der Waals surface area contributed by atoms with E-state index in [9.17, 15) is 22.8 Å². The van der Waals surface area contributed by atoms with Crippen molar-refractivity contribution in [3.63, 3.8) is 0 Å². The van der Waals surface area contributed by atoms with Gasteiger partial charge in [0.25, 0.3) is 11.8 Å². The minimum atomic E-state index is -4.80. The molecule has 2 N–H and O–H groups in total. The van der Waals surface area contributed by atoms with Gasteiger partial charge in [-0.05, 0) is 56.7 Å². The van der Waals surface area contributed by atoms with E-state index >= 15 is 0 Å². The van der Waals surface area contributed by atoms with Crippen LogP contribution in [0, 0.1) is 20.8 Å². The van der Waals surface area contributed by atoms with Crippen molar-refractivity contribution < 1.29 is 27.2 Å². The molecular weight excluding hydrogens is 463 g/mol. The van der Waals surface area contributed by atoms with Crippen molar-refractivity contribution in [3.8, 4) is 5.69 Å². The van der Waals surface area contributed by atoms with Gasteiger partial charge in [-0.3, -0.25) is 9.59 Å². The monoisotopic (exact) mass is 483 g/mol. The van der Waals surface area contributed by atoms with E-state index in [2.05, 4.69) is 20.8 Å². The molecular formula is C24H20F3N5O3. The highest BCUT2D eigenvalue weighted by Crippen LogP contribution is 2.37. The van der Waals surface area contributed by atoms with Crippen molar-refractivity contribution in [3.05, 3.63) is 88.6 Å². The molecule has 0 bridgehead atoms. The van der Waals surface area contributed by atoms with Crippen LogP contribution in [0.4, 0.5) is 24.5 Å². The van der Waals surface area contributed by atoms with Gasteiger partial charge in [0.15, 0.2) is 5.69 Å². The van der Waals surface area contributed by atoms with E-state index in [1.54, 1.807) is 13.0 Å². The lowest BCUT2D eigenvalue weighted by atomic mass is 10.1. The summed E-state index contributed by atoms with van der Waals surface area (Å²) in [6, 6.07) is 10.0. The van der Waals surface area contributed by atoms with Crippen LogP contribution in [-0.2, 0) is 6.18 Å². The number of benzene rings is 2. The van der Waals surface area contributed by atoms with Gasteiger partial charge in [-0.25, -0.2) is 0 Å². The van der Waals surface area contributed by atoms with Crippen molar-refractivity contribution in [2.75, 3.05) is 10.6 Å². The molecule has 4 rings (SSSR count). The van der Waals surface area contributed by atoms with Crippen molar-refractivity contribution in [1.29, 1.82) is 0 Å². The number of rotatable bonds is 5. The fraction of sp³-hybridized carbons (Fsp3) is 0.167. The Morgan fingerprint density at radius 3 is 2.37 bits per heavy atom. The molecule has 4 aromatic rings. The molecule has 2 heterocycles. The van der Waals surface area contributed by atoms with Gasteiger partial charge in [-0.15, -0.1) is 5.10 Å². The van der Waals surface area contributed by atoms with E-state index in [0.29, 0.717) is 5.69 Å². The Morgan fingerprint density at radius 1 is 0.943 bits per heavy atom. The largest absolute Gasteiger partial charge is 0.472 e. The number of alkyl halides is 3. The van der Waals surface area contributed by atoms with Crippen LogP contribution < -0.4 is 10.6 Å². The third-order valence-electron chi connectivity index (χ3n) is 5.18.